The van der Waals surface area contributed by atoms with E-state index in [2.05, 4.69) is 10.6 Å². The van der Waals surface area contributed by atoms with Gasteiger partial charge in [0.1, 0.15) is 5.75 Å². The number of hydrogen-bond acceptors (Lipinski definition) is 3. The van der Waals surface area contributed by atoms with Crippen molar-refractivity contribution >= 4 is 16.7 Å². The number of carbonyl (C=O) groups excluding carboxylic acids is 1. The maximum atomic E-state index is 11.6. The zero-order valence-corrected chi connectivity index (χ0v) is 12.5. The molecule has 0 spiro atoms. The van der Waals surface area contributed by atoms with Gasteiger partial charge in [-0.2, -0.15) is 0 Å². The molecule has 0 aliphatic heterocycles. The minimum absolute atomic E-state index is 0.0241. The molecule has 4 heteroatoms. The Morgan fingerprint density at radius 2 is 2.00 bits per heavy atom. The first-order valence-corrected chi connectivity index (χ1v) is 7.34. The van der Waals surface area contributed by atoms with Crippen molar-refractivity contribution in [1.82, 2.24) is 10.6 Å². The highest BCUT2D eigenvalue weighted by Gasteiger charge is 2.13. The number of phenols is 1. The van der Waals surface area contributed by atoms with E-state index in [1.165, 1.54) is 0 Å². The fourth-order valence-electron chi connectivity index (χ4n) is 2.30. The van der Waals surface area contributed by atoms with Crippen LogP contribution in [0, 0.1) is 0 Å². The van der Waals surface area contributed by atoms with E-state index in [1.807, 2.05) is 50.2 Å². The Balaban J connectivity index is 2.07. The van der Waals surface area contributed by atoms with Gasteiger partial charge in [-0.25, -0.2) is 0 Å². The zero-order chi connectivity index (χ0) is 15.2. The molecule has 0 bridgehead atoms. The fourth-order valence-corrected chi connectivity index (χ4v) is 2.30. The van der Waals surface area contributed by atoms with Crippen LogP contribution < -0.4 is 10.6 Å². The van der Waals surface area contributed by atoms with E-state index >= 15 is 0 Å². The molecule has 112 valence electrons. The molecular formula is C17H22N2O2. The SMILES string of the molecule is CCCNC(=O)CNC(C)c1ccc2ccccc2c1O. The van der Waals surface area contributed by atoms with Crippen LogP contribution in [-0.4, -0.2) is 24.1 Å². The topological polar surface area (TPSA) is 61.4 Å². The Morgan fingerprint density at radius 3 is 2.76 bits per heavy atom. The first kappa shape index (κ1) is 15.3. The van der Waals surface area contributed by atoms with E-state index in [4.69, 9.17) is 0 Å². The Morgan fingerprint density at radius 1 is 1.24 bits per heavy atom. The molecule has 0 radical (unpaired) electrons. The summed E-state index contributed by atoms with van der Waals surface area (Å²) in [6.45, 7) is 4.89. The van der Waals surface area contributed by atoms with E-state index in [1.54, 1.807) is 0 Å². The molecular weight excluding hydrogens is 264 g/mol. The number of aromatic hydroxyl groups is 1. The van der Waals surface area contributed by atoms with Crippen LogP contribution in [0.2, 0.25) is 0 Å². The molecule has 0 saturated heterocycles. The third-order valence-corrected chi connectivity index (χ3v) is 3.54. The van der Waals surface area contributed by atoms with Gasteiger partial charge in [-0.05, 0) is 18.7 Å². The van der Waals surface area contributed by atoms with Gasteiger partial charge in [0.15, 0.2) is 0 Å². The second-order valence-electron chi connectivity index (χ2n) is 5.18. The second-order valence-corrected chi connectivity index (χ2v) is 5.18. The lowest BCUT2D eigenvalue weighted by molar-refractivity contribution is -0.120. The molecule has 4 nitrogen and oxygen atoms in total. The first-order valence-electron chi connectivity index (χ1n) is 7.34. The largest absolute Gasteiger partial charge is 0.507 e. The number of fused-ring (bicyclic) bond motifs is 1. The highest BCUT2D eigenvalue weighted by Crippen LogP contribution is 2.32. The van der Waals surface area contributed by atoms with Crippen LogP contribution in [0.4, 0.5) is 0 Å². The summed E-state index contributed by atoms with van der Waals surface area (Å²) in [4.78, 5) is 11.6. The van der Waals surface area contributed by atoms with Crippen molar-refractivity contribution in [3.63, 3.8) is 0 Å². The van der Waals surface area contributed by atoms with Gasteiger partial charge in [-0.15, -0.1) is 0 Å². The summed E-state index contributed by atoms with van der Waals surface area (Å²) in [7, 11) is 0. The lowest BCUT2D eigenvalue weighted by Gasteiger charge is -2.16. The summed E-state index contributed by atoms with van der Waals surface area (Å²) < 4.78 is 0. The average molecular weight is 286 g/mol. The van der Waals surface area contributed by atoms with Crippen LogP contribution in [0.3, 0.4) is 0 Å². The Labute approximate surface area is 125 Å². The van der Waals surface area contributed by atoms with Gasteiger partial charge >= 0.3 is 0 Å². The third-order valence-electron chi connectivity index (χ3n) is 3.54. The van der Waals surface area contributed by atoms with Gasteiger partial charge in [0.2, 0.25) is 5.91 Å². The predicted molar refractivity (Wildman–Crippen MR) is 85.3 cm³/mol. The fraction of sp³-hybridized carbons (Fsp3) is 0.353. The number of benzene rings is 2. The highest BCUT2D eigenvalue weighted by molar-refractivity contribution is 5.89. The molecule has 0 aromatic heterocycles. The number of nitrogens with one attached hydrogen (secondary N) is 2. The van der Waals surface area contributed by atoms with Crippen LogP contribution in [0.5, 0.6) is 5.75 Å². The van der Waals surface area contributed by atoms with Gasteiger partial charge in [-0.1, -0.05) is 43.3 Å². The summed E-state index contributed by atoms with van der Waals surface area (Å²) in [6.07, 6.45) is 0.923. The molecule has 0 fully saturated rings. The van der Waals surface area contributed by atoms with Crippen LogP contribution in [0.25, 0.3) is 10.8 Å². The molecule has 0 heterocycles. The Kier molecular flexibility index (Phi) is 5.17. The Bertz CT molecular complexity index is 625. The minimum atomic E-state index is -0.0954. The van der Waals surface area contributed by atoms with Gasteiger partial charge in [0, 0.05) is 23.5 Å². The molecule has 2 aromatic carbocycles. The Hall–Kier alpha value is -2.07. The van der Waals surface area contributed by atoms with Crippen LogP contribution in [0.15, 0.2) is 36.4 Å². The van der Waals surface area contributed by atoms with Crippen molar-refractivity contribution in [3.05, 3.63) is 42.0 Å². The van der Waals surface area contributed by atoms with Crippen molar-refractivity contribution in [2.45, 2.75) is 26.3 Å². The summed E-state index contributed by atoms with van der Waals surface area (Å²) in [5.74, 6) is 0.256. The predicted octanol–water partition coefficient (Wildman–Crippen LogP) is 2.72. The summed E-state index contributed by atoms with van der Waals surface area (Å²) in [6, 6.07) is 11.5. The van der Waals surface area contributed by atoms with Crippen LogP contribution in [-0.2, 0) is 4.79 Å². The number of hydrogen-bond donors (Lipinski definition) is 3. The number of phenolic OH excluding ortho intramolecular Hbond substituents is 1. The molecule has 0 aliphatic rings. The van der Waals surface area contributed by atoms with Crippen molar-refractivity contribution in [2.24, 2.45) is 0 Å². The molecule has 0 aliphatic carbocycles. The molecule has 3 N–H and O–H groups in total. The van der Waals surface area contributed by atoms with E-state index in [9.17, 15) is 9.90 Å². The van der Waals surface area contributed by atoms with Gasteiger partial charge in [-0.3, -0.25) is 4.79 Å². The lowest BCUT2D eigenvalue weighted by atomic mass is 10.0. The summed E-state index contributed by atoms with van der Waals surface area (Å²) >= 11 is 0. The van der Waals surface area contributed by atoms with Crippen molar-refractivity contribution in [1.29, 1.82) is 0 Å². The maximum absolute atomic E-state index is 11.6. The van der Waals surface area contributed by atoms with Crippen molar-refractivity contribution < 1.29 is 9.90 Å². The normalized spacial score (nSPS) is 12.3. The van der Waals surface area contributed by atoms with Crippen LogP contribution >= 0.6 is 0 Å². The smallest absolute Gasteiger partial charge is 0.233 e. The second kappa shape index (κ2) is 7.09. The zero-order valence-electron chi connectivity index (χ0n) is 12.5. The van der Waals surface area contributed by atoms with Crippen molar-refractivity contribution in [2.75, 3.05) is 13.1 Å². The highest BCUT2D eigenvalue weighted by atomic mass is 16.3. The quantitative estimate of drug-likeness (QED) is 0.765. The van der Waals surface area contributed by atoms with E-state index in [-0.39, 0.29) is 24.2 Å². The van der Waals surface area contributed by atoms with Crippen molar-refractivity contribution in [3.8, 4) is 5.75 Å². The molecule has 1 amide bonds. The summed E-state index contributed by atoms with van der Waals surface area (Å²) in [5, 5.41) is 18.2. The molecule has 21 heavy (non-hydrogen) atoms. The maximum Gasteiger partial charge on any atom is 0.233 e. The van der Waals surface area contributed by atoms with E-state index in [0.29, 0.717) is 6.54 Å². The van der Waals surface area contributed by atoms with Crippen LogP contribution in [0.1, 0.15) is 31.9 Å². The summed E-state index contributed by atoms with van der Waals surface area (Å²) in [5.41, 5.74) is 0.803. The lowest BCUT2D eigenvalue weighted by Crippen LogP contribution is -2.35. The molecule has 2 aromatic rings. The molecule has 0 saturated carbocycles. The van der Waals surface area contributed by atoms with Gasteiger partial charge in [0.25, 0.3) is 0 Å². The molecule has 1 unspecified atom stereocenters. The third kappa shape index (κ3) is 3.73. The van der Waals surface area contributed by atoms with E-state index in [0.717, 1.165) is 22.8 Å². The van der Waals surface area contributed by atoms with Gasteiger partial charge < -0.3 is 15.7 Å². The molecule has 1 atom stereocenters. The number of amides is 1. The number of rotatable bonds is 6. The molecule has 2 rings (SSSR count). The standard InChI is InChI=1S/C17H22N2O2/c1-3-10-18-16(20)11-19-12(2)14-9-8-13-6-4-5-7-15(13)17(14)21/h4-9,12,19,21H,3,10-11H2,1-2H3,(H,18,20). The van der Waals surface area contributed by atoms with E-state index < -0.39 is 0 Å². The first-order chi connectivity index (χ1) is 10.1. The minimum Gasteiger partial charge on any atom is -0.507 e. The average Bonchev–Trinajstić information content (AvgIpc) is 2.51. The monoisotopic (exact) mass is 286 g/mol. The number of carbonyl (C=O) groups is 1. The van der Waals surface area contributed by atoms with Gasteiger partial charge in [0.05, 0.1) is 6.54 Å².